The Hall–Kier alpha value is -3.26. The summed E-state index contributed by atoms with van der Waals surface area (Å²) in [4.78, 5) is 69.1. The lowest BCUT2D eigenvalue weighted by molar-refractivity contribution is -0.143. The summed E-state index contributed by atoms with van der Waals surface area (Å²) in [6.07, 6.45) is -2.49. The van der Waals surface area contributed by atoms with Gasteiger partial charge in [0.05, 0.1) is 12.1 Å². The maximum absolute atomic E-state index is 12.4. The Bertz CT molecular complexity index is 697. The first-order chi connectivity index (χ1) is 14.3. The third-order valence-electron chi connectivity index (χ3n) is 4.11. The average Bonchev–Trinajstić information content (AvgIpc) is 2.65. The molecule has 0 saturated carbocycles. The summed E-state index contributed by atoms with van der Waals surface area (Å²) in [6, 6.07) is -5.43. The highest BCUT2D eigenvalue weighted by molar-refractivity contribution is 5.94. The number of carboxylic acid groups (broad SMARTS) is 2. The Labute approximate surface area is 177 Å². The molecule has 0 fully saturated rings. The highest BCUT2D eigenvalue weighted by atomic mass is 16.4. The molecule has 31 heavy (non-hydrogen) atoms. The van der Waals surface area contributed by atoms with Crippen LogP contribution < -0.4 is 27.4 Å². The third kappa shape index (κ3) is 10.9. The summed E-state index contributed by atoms with van der Waals surface area (Å²) in [5.74, 6) is -6.07. The summed E-state index contributed by atoms with van der Waals surface area (Å²) in [7, 11) is 0. The topological polar surface area (TPSA) is 251 Å². The second-order valence-corrected chi connectivity index (χ2v) is 6.90. The highest BCUT2D eigenvalue weighted by Crippen LogP contribution is 2.01. The molecule has 0 aliphatic heterocycles. The summed E-state index contributed by atoms with van der Waals surface area (Å²) in [5, 5.41) is 34.0. The molecule has 5 atom stereocenters. The summed E-state index contributed by atoms with van der Waals surface area (Å²) in [5.41, 5.74) is 10.6. The predicted molar refractivity (Wildman–Crippen MR) is 104 cm³/mol. The van der Waals surface area contributed by atoms with Crippen LogP contribution in [0.2, 0.25) is 0 Å². The molecule has 14 heteroatoms. The second kappa shape index (κ2) is 13.1. The van der Waals surface area contributed by atoms with Crippen molar-refractivity contribution < 1.29 is 44.1 Å². The van der Waals surface area contributed by atoms with Gasteiger partial charge in [-0.3, -0.25) is 24.0 Å². The molecule has 0 spiro atoms. The van der Waals surface area contributed by atoms with E-state index in [1.54, 1.807) is 0 Å². The Balaban J connectivity index is 4.96. The van der Waals surface area contributed by atoms with E-state index in [4.69, 9.17) is 21.7 Å². The molecule has 0 aliphatic rings. The van der Waals surface area contributed by atoms with Crippen LogP contribution in [-0.4, -0.2) is 81.2 Å². The fraction of sp³-hybridized carbons (Fsp3) is 0.647. The van der Waals surface area contributed by atoms with E-state index in [2.05, 4.69) is 16.0 Å². The van der Waals surface area contributed by atoms with E-state index in [0.29, 0.717) is 0 Å². The van der Waals surface area contributed by atoms with Crippen molar-refractivity contribution in [2.24, 2.45) is 11.5 Å². The van der Waals surface area contributed by atoms with Crippen LogP contribution in [0.1, 0.15) is 39.5 Å². The fourth-order valence-corrected chi connectivity index (χ4v) is 2.29. The number of carboxylic acids is 2. The summed E-state index contributed by atoms with van der Waals surface area (Å²) < 4.78 is 0. The molecule has 0 aliphatic carbocycles. The maximum Gasteiger partial charge on any atom is 0.326 e. The van der Waals surface area contributed by atoms with Gasteiger partial charge in [-0.1, -0.05) is 0 Å². The smallest absolute Gasteiger partial charge is 0.326 e. The maximum atomic E-state index is 12.4. The lowest BCUT2D eigenvalue weighted by atomic mass is 10.1. The molecular formula is C17H29N5O9. The van der Waals surface area contributed by atoms with Crippen LogP contribution >= 0.6 is 0 Å². The molecule has 5 unspecified atom stereocenters. The summed E-state index contributed by atoms with van der Waals surface area (Å²) >= 11 is 0. The van der Waals surface area contributed by atoms with Crippen molar-refractivity contribution in [3.05, 3.63) is 0 Å². The molecule has 0 aromatic carbocycles. The predicted octanol–water partition coefficient (Wildman–Crippen LogP) is -3.62. The standard InChI is InChI=1S/C17H29N5O9/c1-7(14(27)21-10(17(30)31)4-6-12(25)26)20-16(29)13(8(2)23)22-15(28)9(18)3-5-11(19)24/h7-10,13,23H,3-6,18H2,1-2H3,(H2,19,24)(H,20,29)(H,21,27)(H,22,28)(H,25,26)(H,30,31). The van der Waals surface area contributed by atoms with Crippen molar-refractivity contribution >= 4 is 35.6 Å². The number of amides is 4. The number of nitrogens with one attached hydrogen (secondary N) is 3. The Morgan fingerprint density at radius 2 is 1.42 bits per heavy atom. The first kappa shape index (κ1) is 27.7. The third-order valence-corrected chi connectivity index (χ3v) is 4.11. The molecule has 0 bridgehead atoms. The van der Waals surface area contributed by atoms with Crippen LogP contribution in [0, 0.1) is 0 Å². The number of hydrogen-bond acceptors (Lipinski definition) is 8. The average molecular weight is 447 g/mol. The van der Waals surface area contributed by atoms with E-state index in [9.17, 15) is 33.9 Å². The zero-order valence-corrected chi connectivity index (χ0v) is 17.2. The summed E-state index contributed by atoms with van der Waals surface area (Å²) in [6.45, 7) is 2.43. The minimum Gasteiger partial charge on any atom is -0.481 e. The number of aliphatic hydroxyl groups is 1. The van der Waals surface area contributed by atoms with E-state index >= 15 is 0 Å². The van der Waals surface area contributed by atoms with E-state index in [1.807, 2.05) is 0 Å². The number of carbonyl (C=O) groups is 6. The lowest BCUT2D eigenvalue weighted by Gasteiger charge is -2.25. The Morgan fingerprint density at radius 3 is 1.87 bits per heavy atom. The van der Waals surface area contributed by atoms with Crippen molar-refractivity contribution in [1.82, 2.24) is 16.0 Å². The van der Waals surface area contributed by atoms with E-state index < -0.39 is 72.3 Å². The van der Waals surface area contributed by atoms with Crippen LogP contribution in [-0.2, 0) is 28.8 Å². The van der Waals surface area contributed by atoms with Crippen molar-refractivity contribution in [1.29, 1.82) is 0 Å². The number of carbonyl (C=O) groups excluding carboxylic acids is 4. The molecule has 10 N–H and O–H groups in total. The first-order valence-electron chi connectivity index (χ1n) is 9.33. The van der Waals surface area contributed by atoms with Crippen LogP contribution in [0.4, 0.5) is 0 Å². The molecule has 0 rings (SSSR count). The van der Waals surface area contributed by atoms with Gasteiger partial charge < -0.3 is 42.7 Å². The van der Waals surface area contributed by atoms with Gasteiger partial charge in [0.2, 0.25) is 23.6 Å². The van der Waals surface area contributed by atoms with Crippen LogP contribution in [0.15, 0.2) is 0 Å². The molecular weight excluding hydrogens is 418 g/mol. The number of hydrogen-bond donors (Lipinski definition) is 8. The SMILES string of the molecule is CC(NC(=O)C(NC(=O)C(N)CCC(N)=O)C(C)O)C(=O)NC(CCC(=O)O)C(=O)O. The van der Waals surface area contributed by atoms with E-state index in [1.165, 1.54) is 13.8 Å². The molecule has 0 aromatic heterocycles. The fourth-order valence-electron chi connectivity index (χ4n) is 2.29. The number of aliphatic carboxylic acids is 2. The van der Waals surface area contributed by atoms with Crippen molar-refractivity contribution in [2.75, 3.05) is 0 Å². The largest absolute Gasteiger partial charge is 0.481 e. The van der Waals surface area contributed by atoms with Gasteiger partial charge >= 0.3 is 11.9 Å². The minimum atomic E-state index is -1.50. The van der Waals surface area contributed by atoms with Gasteiger partial charge in [-0.05, 0) is 26.7 Å². The molecule has 0 aromatic rings. The van der Waals surface area contributed by atoms with Gasteiger partial charge in [-0.2, -0.15) is 0 Å². The molecule has 0 heterocycles. The second-order valence-electron chi connectivity index (χ2n) is 6.90. The van der Waals surface area contributed by atoms with Gasteiger partial charge in [0.15, 0.2) is 0 Å². The van der Waals surface area contributed by atoms with Gasteiger partial charge in [0.25, 0.3) is 0 Å². The molecule has 0 saturated heterocycles. The van der Waals surface area contributed by atoms with Crippen LogP contribution in [0.3, 0.4) is 0 Å². The Morgan fingerprint density at radius 1 is 0.839 bits per heavy atom. The first-order valence-corrected chi connectivity index (χ1v) is 9.33. The highest BCUT2D eigenvalue weighted by Gasteiger charge is 2.31. The van der Waals surface area contributed by atoms with Gasteiger partial charge in [0, 0.05) is 12.8 Å². The van der Waals surface area contributed by atoms with Gasteiger partial charge in [-0.15, -0.1) is 0 Å². The van der Waals surface area contributed by atoms with Crippen LogP contribution in [0.25, 0.3) is 0 Å². The quantitative estimate of drug-likeness (QED) is 0.130. The van der Waals surface area contributed by atoms with Crippen molar-refractivity contribution in [3.63, 3.8) is 0 Å². The van der Waals surface area contributed by atoms with Crippen LogP contribution in [0.5, 0.6) is 0 Å². The molecule has 176 valence electrons. The number of aliphatic hydroxyl groups excluding tert-OH is 1. The lowest BCUT2D eigenvalue weighted by Crippen LogP contribution is -2.59. The van der Waals surface area contributed by atoms with E-state index in [0.717, 1.165) is 0 Å². The Kier molecular flexibility index (Phi) is 11.7. The number of rotatable bonds is 14. The molecule has 14 nitrogen and oxygen atoms in total. The minimum absolute atomic E-state index is 0.0823. The molecule has 4 amide bonds. The van der Waals surface area contributed by atoms with Gasteiger partial charge in [-0.25, -0.2) is 4.79 Å². The van der Waals surface area contributed by atoms with Gasteiger partial charge in [0.1, 0.15) is 18.1 Å². The molecule has 0 radical (unpaired) electrons. The van der Waals surface area contributed by atoms with E-state index in [-0.39, 0.29) is 19.3 Å². The zero-order chi connectivity index (χ0) is 24.3. The number of nitrogens with two attached hydrogens (primary N) is 2. The monoisotopic (exact) mass is 447 g/mol. The zero-order valence-electron chi connectivity index (χ0n) is 17.2. The normalized spacial score (nSPS) is 15.5. The van der Waals surface area contributed by atoms with Crippen molar-refractivity contribution in [2.45, 2.75) is 69.8 Å². The number of primary amides is 1. The van der Waals surface area contributed by atoms with Crippen molar-refractivity contribution in [3.8, 4) is 0 Å².